The van der Waals surface area contributed by atoms with Crippen molar-refractivity contribution in [1.29, 1.82) is 0 Å². The first-order valence-corrected chi connectivity index (χ1v) is 11.9. The summed E-state index contributed by atoms with van der Waals surface area (Å²) in [5, 5.41) is 11.0. The van der Waals surface area contributed by atoms with Gasteiger partial charge in [-0.2, -0.15) is 0 Å². The van der Waals surface area contributed by atoms with Crippen LogP contribution in [0.4, 0.5) is 0 Å². The number of hydrogen-bond donors (Lipinski definition) is 1. The number of hydrogen-bond acceptors (Lipinski definition) is 5. The number of aryl methyl sites for hydroxylation is 2. The van der Waals surface area contributed by atoms with Crippen LogP contribution in [0.25, 0.3) is 11.3 Å². The van der Waals surface area contributed by atoms with Crippen LogP contribution < -0.4 is 4.74 Å². The first kappa shape index (κ1) is 20.9. The Labute approximate surface area is 197 Å². The lowest BCUT2D eigenvalue weighted by molar-refractivity contribution is -0.171. The van der Waals surface area contributed by atoms with Crippen LogP contribution >= 0.6 is 11.6 Å². The topological polar surface area (TPSA) is 72.6 Å². The molecular formula is C27H26ClNO4. The molecule has 1 N–H and O–H groups in total. The van der Waals surface area contributed by atoms with Crippen LogP contribution in [0.2, 0.25) is 5.02 Å². The molecule has 2 atom stereocenters. The van der Waals surface area contributed by atoms with Crippen molar-refractivity contribution in [2.75, 3.05) is 0 Å². The molecule has 3 aromatic rings. The van der Waals surface area contributed by atoms with E-state index in [-0.39, 0.29) is 23.0 Å². The molecule has 2 aromatic carbocycles. The molecule has 1 aliphatic heterocycles. The Hall–Kier alpha value is -2.63. The van der Waals surface area contributed by atoms with Gasteiger partial charge in [0, 0.05) is 34.4 Å². The fourth-order valence-corrected chi connectivity index (χ4v) is 6.29. The number of aliphatic hydroxyl groups is 1. The summed E-state index contributed by atoms with van der Waals surface area (Å²) in [6, 6.07) is 13.4. The molecule has 1 aromatic heterocycles. The summed E-state index contributed by atoms with van der Waals surface area (Å²) in [5.74, 6) is 2.25. The van der Waals surface area contributed by atoms with Crippen LogP contribution in [0, 0.1) is 19.3 Å². The van der Waals surface area contributed by atoms with Gasteiger partial charge in [-0.1, -0.05) is 41.4 Å². The zero-order valence-corrected chi connectivity index (χ0v) is 19.5. The van der Waals surface area contributed by atoms with Crippen molar-refractivity contribution in [2.24, 2.45) is 5.41 Å². The SMILES string of the molecule is Cc1ccc(-c2oc(C34CC(CC(=O)[C@H]5C[C@@H](O)c6cc(Cl)ccc6O5)(C3)C4)nc2C)cc1. The Morgan fingerprint density at radius 3 is 2.61 bits per heavy atom. The van der Waals surface area contributed by atoms with E-state index in [9.17, 15) is 9.90 Å². The number of oxazole rings is 1. The first-order chi connectivity index (χ1) is 15.8. The molecule has 170 valence electrons. The van der Waals surface area contributed by atoms with Crippen molar-refractivity contribution < 1.29 is 19.1 Å². The maximum absolute atomic E-state index is 13.1. The van der Waals surface area contributed by atoms with Crippen LogP contribution in [0.15, 0.2) is 46.9 Å². The molecule has 5 nitrogen and oxygen atoms in total. The van der Waals surface area contributed by atoms with Crippen LogP contribution in [-0.4, -0.2) is 22.0 Å². The number of rotatable bonds is 5. The predicted molar refractivity (Wildman–Crippen MR) is 124 cm³/mol. The van der Waals surface area contributed by atoms with Gasteiger partial charge in [-0.05, 0) is 56.7 Å². The van der Waals surface area contributed by atoms with Gasteiger partial charge >= 0.3 is 0 Å². The number of carbonyl (C=O) groups excluding carboxylic acids is 1. The second kappa shape index (κ2) is 7.18. The van der Waals surface area contributed by atoms with Crippen molar-refractivity contribution >= 4 is 17.4 Å². The van der Waals surface area contributed by atoms with Gasteiger partial charge in [0.1, 0.15) is 5.75 Å². The first-order valence-electron chi connectivity index (χ1n) is 11.5. The monoisotopic (exact) mass is 463 g/mol. The Balaban J connectivity index is 1.12. The van der Waals surface area contributed by atoms with Crippen LogP contribution in [0.1, 0.15) is 60.9 Å². The van der Waals surface area contributed by atoms with E-state index in [1.54, 1.807) is 18.2 Å². The quantitative estimate of drug-likeness (QED) is 0.511. The lowest BCUT2D eigenvalue weighted by atomic mass is 9.34. The number of aliphatic hydroxyl groups excluding tert-OH is 1. The van der Waals surface area contributed by atoms with Crippen molar-refractivity contribution in [1.82, 2.24) is 4.98 Å². The molecule has 2 heterocycles. The molecule has 3 fully saturated rings. The number of carbonyl (C=O) groups is 1. The molecule has 7 rings (SSSR count). The van der Waals surface area contributed by atoms with Crippen LogP contribution in [0.5, 0.6) is 5.75 Å². The summed E-state index contributed by atoms with van der Waals surface area (Å²) in [7, 11) is 0. The van der Waals surface area contributed by atoms with Gasteiger partial charge in [0.25, 0.3) is 0 Å². The Morgan fingerprint density at radius 1 is 1.15 bits per heavy atom. The molecule has 0 saturated heterocycles. The van der Waals surface area contributed by atoms with E-state index in [1.165, 1.54) is 5.56 Å². The van der Waals surface area contributed by atoms with Gasteiger partial charge in [-0.3, -0.25) is 4.79 Å². The maximum Gasteiger partial charge on any atom is 0.201 e. The number of nitrogens with zero attached hydrogens (tertiary/aromatic N) is 1. The van der Waals surface area contributed by atoms with Gasteiger partial charge < -0.3 is 14.3 Å². The summed E-state index contributed by atoms with van der Waals surface area (Å²) < 4.78 is 12.2. The highest BCUT2D eigenvalue weighted by Crippen LogP contribution is 2.75. The van der Waals surface area contributed by atoms with E-state index in [0.29, 0.717) is 22.8 Å². The van der Waals surface area contributed by atoms with E-state index in [2.05, 4.69) is 31.2 Å². The molecule has 0 spiro atoms. The summed E-state index contributed by atoms with van der Waals surface area (Å²) in [5.41, 5.74) is 3.79. The van der Waals surface area contributed by atoms with E-state index in [1.807, 2.05) is 6.92 Å². The van der Waals surface area contributed by atoms with Gasteiger partial charge in [0.2, 0.25) is 5.89 Å². The summed E-state index contributed by atoms with van der Waals surface area (Å²) in [4.78, 5) is 17.8. The molecule has 6 heteroatoms. The third-order valence-corrected chi connectivity index (χ3v) is 7.89. The predicted octanol–water partition coefficient (Wildman–Crippen LogP) is 5.88. The van der Waals surface area contributed by atoms with Crippen molar-refractivity contribution in [3.05, 3.63) is 70.2 Å². The van der Waals surface area contributed by atoms with E-state index in [0.717, 1.165) is 42.2 Å². The molecule has 3 aliphatic carbocycles. The van der Waals surface area contributed by atoms with Gasteiger partial charge in [-0.15, -0.1) is 0 Å². The molecule has 3 saturated carbocycles. The number of halogens is 1. The van der Waals surface area contributed by atoms with E-state index < -0.39 is 12.2 Å². The highest BCUT2D eigenvalue weighted by atomic mass is 35.5. The molecule has 4 aliphatic rings. The Kier molecular flexibility index (Phi) is 4.56. The van der Waals surface area contributed by atoms with Gasteiger partial charge in [0.15, 0.2) is 17.6 Å². The Morgan fingerprint density at radius 2 is 1.88 bits per heavy atom. The summed E-state index contributed by atoms with van der Waals surface area (Å²) in [6.45, 7) is 4.06. The summed E-state index contributed by atoms with van der Waals surface area (Å²) in [6.07, 6.45) is 2.14. The minimum atomic E-state index is -0.740. The number of Topliss-reactive ketones (excluding diaryl/α,β-unsaturated/α-hetero) is 1. The lowest BCUT2D eigenvalue weighted by Crippen LogP contribution is -2.65. The standard InChI is InChI=1S/C27H26ClNO4/c1-15-3-5-17(6-4-15)24-16(2)29-25(33-24)27-12-26(13-27,14-27)11-21(31)23-10-20(30)19-9-18(28)7-8-22(19)32-23/h3-9,20,23,30H,10-14H2,1-2H3/t20-,23-,26?,27?/m1/s1. The number of ether oxygens (including phenoxy) is 1. The fourth-order valence-electron chi connectivity index (χ4n) is 6.11. The molecule has 2 bridgehead atoms. The largest absolute Gasteiger partial charge is 0.482 e. The van der Waals surface area contributed by atoms with Crippen molar-refractivity contribution in [3.63, 3.8) is 0 Å². The minimum Gasteiger partial charge on any atom is -0.482 e. The number of fused-ring (bicyclic) bond motifs is 1. The number of benzene rings is 2. The lowest BCUT2D eigenvalue weighted by Gasteiger charge is -2.69. The highest BCUT2D eigenvalue weighted by Gasteiger charge is 2.71. The summed E-state index contributed by atoms with van der Waals surface area (Å²) >= 11 is 6.03. The Bertz CT molecular complexity index is 1240. The molecule has 0 unspecified atom stereocenters. The molecule has 0 amide bonds. The third kappa shape index (κ3) is 3.32. The minimum absolute atomic E-state index is 0.0120. The van der Waals surface area contributed by atoms with Gasteiger partial charge in [0.05, 0.1) is 11.8 Å². The zero-order valence-electron chi connectivity index (χ0n) is 18.7. The smallest absolute Gasteiger partial charge is 0.201 e. The highest BCUT2D eigenvalue weighted by molar-refractivity contribution is 6.30. The zero-order chi connectivity index (χ0) is 23.0. The van der Waals surface area contributed by atoms with Crippen LogP contribution in [-0.2, 0) is 10.2 Å². The molecule has 33 heavy (non-hydrogen) atoms. The molecule has 0 radical (unpaired) electrons. The number of aromatic nitrogens is 1. The second-order valence-electron chi connectivity index (χ2n) is 10.3. The maximum atomic E-state index is 13.1. The fraction of sp³-hybridized carbons (Fsp3) is 0.407. The normalized spacial score (nSPS) is 29.5. The molecular weight excluding hydrogens is 438 g/mol. The number of ketones is 1. The second-order valence-corrected chi connectivity index (χ2v) is 10.7. The van der Waals surface area contributed by atoms with E-state index in [4.69, 9.17) is 25.7 Å². The van der Waals surface area contributed by atoms with Crippen molar-refractivity contribution in [3.8, 4) is 17.1 Å². The van der Waals surface area contributed by atoms with Gasteiger partial charge in [-0.25, -0.2) is 4.98 Å². The van der Waals surface area contributed by atoms with E-state index >= 15 is 0 Å². The van der Waals surface area contributed by atoms with Crippen molar-refractivity contribution in [2.45, 2.75) is 63.6 Å². The average Bonchev–Trinajstić information content (AvgIpc) is 3.11. The third-order valence-electron chi connectivity index (χ3n) is 7.65. The average molecular weight is 464 g/mol. The van der Waals surface area contributed by atoms with Crippen LogP contribution in [0.3, 0.4) is 0 Å².